The lowest BCUT2D eigenvalue weighted by molar-refractivity contribution is 0.123. The van der Waals surface area contributed by atoms with E-state index in [-0.39, 0.29) is 0 Å². The molecule has 1 aromatic rings. The SMILES string of the molecule is CC(O)c1nsc(N2CCOCC2)c1Cl. The van der Waals surface area contributed by atoms with Crippen LogP contribution in [0.3, 0.4) is 0 Å². The number of halogens is 1. The quantitative estimate of drug-likeness (QED) is 0.865. The molecule has 1 N–H and O–H groups in total. The summed E-state index contributed by atoms with van der Waals surface area (Å²) in [6.45, 7) is 4.78. The van der Waals surface area contributed by atoms with Crippen LogP contribution in [0.2, 0.25) is 5.02 Å². The van der Waals surface area contributed by atoms with E-state index in [0.29, 0.717) is 10.7 Å². The molecule has 1 unspecified atom stereocenters. The first-order valence-electron chi connectivity index (χ1n) is 4.86. The van der Waals surface area contributed by atoms with Gasteiger partial charge in [-0.2, -0.15) is 4.37 Å². The molecule has 0 saturated carbocycles. The highest BCUT2D eigenvalue weighted by molar-refractivity contribution is 7.11. The normalized spacial score (nSPS) is 19.3. The predicted molar refractivity (Wildman–Crippen MR) is 60.8 cm³/mol. The van der Waals surface area contributed by atoms with Gasteiger partial charge in [-0.05, 0) is 18.5 Å². The molecule has 0 radical (unpaired) electrons. The van der Waals surface area contributed by atoms with Crippen LogP contribution >= 0.6 is 23.1 Å². The molecule has 84 valence electrons. The van der Waals surface area contributed by atoms with E-state index in [2.05, 4.69) is 9.27 Å². The van der Waals surface area contributed by atoms with Crippen LogP contribution in [-0.4, -0.2) is 35.8 Å². The summed E-state index contributed by atoms with van der Waals surface area (Å²) in [6.07, 6.45) is -0.608. The van der Waals surface area contributed by atoms with E-state index >= 15 is 0 Å². The average Bonchev–Trinajstić information content (AvgIpc) is 2.61. The Morgan fingerprint density at radius 2 is 2.20 bits per heavy atom. The maximum Gasteiger partial charge on any atom is 0.131 e. The van der Waals surface area contributed by atoms with Gasteiger partial charge in [-0.15, -0.1) is 0 Å². The number of aromatic nitrogens is 1. The second-order valence-electron chi connectivity index (χ2n) is 3.46. The van der Waals surface area contributed by atoms with Crippen molar-refractivity contribution in [3.05, 3.63) is 10.7 Å². The number of nitrogens with zero attached hydrogens (tertiary/aromatic N) is 2. The van der Waals surface area contributed by atoms with Crippen LogP contribution in [0.15, 0.2) is 0 Å². The molecule has 0 amide bonds. The summed E-state index contributed by atoms with van der Waals surface area (Å²) in [5.74, 6) is 0. The number of aliphatic hydroxyl groups is 1. The van der Waals surface area contributed by atoms with Gasteiger partial charge in [-0.25, -0.2) is 0 Å². The zero-order chi connectivity index (χ0) is 10.8. The molecule has 1 atom stereocenters. The summed E-state index contributed by atoms with van der Waals surface area (Å²) in [7, 11) is 0. The highest BCUT2D eigenvalue weighted by Gasteiger charge is 2.21. The number of aliphatic hydroxyl groups excluding tert-OH is 1. The lowest BCUT2D eigenvalue weighted by Gasteiger charge is -2.27. The highest BCUT2D eigenvalue weighted by atomic mass is 35.5. The molecule has 2 heterocycles. The minimum atomic E-state index is -0.608. The van der Waals surface area contributed by atoms with Gasteiger partial charge >= 0.3 is 0 Å². The van der Waals surface area contributed by atoms with Crippen LogP contribution in [0.4, 0.5) is 5.00 Å². The van der Waals surface area contributed by atoms with E-state index in [4.69, 9.17) is 16.3 Å². The fraction of sp³-hybridized carbons (Fsp3) is 0.667. The van der Waals surface area contributed by atoms with E-state index in [9.17, 15) is 5.11 Å². The zero-order valence-corrected chi connectivity index (χ0v) is 10.0. The molecule has 1 aliphatic heterocycles. The summed E-state index contributed by atoms with van der Waals surface area (Å²) in [6, 6.07) is 0. The highest BCUT2D eigenvalue weighted by Crippen LogP contribution is 2.36. The number of rotatable bonds is 2. The fourth-order valence-corrected chi connectivity index (χ4v) is 2.89. The molecule has 0 bridgehead atoms. The Bertz CT molecular complexity index is 337. The number of ether oxygens (including phenoxy) is 1. The first kappa shape index (κ1) is 11.1. The second-order valence-corrected chi connectivity index (χ2v) is 4.59. The Hall–Kier alpha value is -0.360. The molecule has 1 aliphatic rings. The van der Waals surface area contributed by atoms with Crippen molar-refractivity contribution in [2.45, 2.75) is 13.0 Å². The maximum atomic E-state index is 9.43. The molecule has 2 rings (SSSR count). The van der Waals surface area contributed by atoms with Gasteiger partial charge < -0.3 is 14.7 Å². The van der Waals surface area contributed by atoms with Gasteiger partial charge in [0.1, 0.15) is 15.7 Å². The lowest BCUT2D eigenvalue weighted by Crippen LogP contribution is -2.35. The fourth-order valence-electron chi connectivity index (χ4n) is 1.50. The Morgan fingerprint density at radius 1 is 1.53 bits per heavy atom. The Morgan fingerprint density at radius 3 is 2.73 bits per heavy atom. The van der Waals surface area contributed by atoms with Crippen LogP contribution in [0.25, 0.3) is 0 Å². The van der Waals surface area contributed by atoms with Crippen LogP contribution in [0.5, 0.6) is 0 Å². The smallest absolute Gasteiger partial charge is 0.131 e. The van der Waals surface area contributed by atoms with Gasteiger partial charge in [-0.1, -0.05) is 11.6 Å². The van der Waals surface area contributed by atoms with E-state index in [1.807, 2.05) is 0 Å². The van der Waals surface area contributed by atoms with E-state index in [1.54, 1.807) is 6.92 Å². The summed E-state index contributed by atoms with van der Waals surface area (Å²) in [5.41, 5.74) is 0.572. The minimum absolute atomic E-state index is 0.572. The van der Waals surface area contributed by atoms with Crippen molar-refractivity contribution in [2.75, 3.05) is 31.2 Å². The summed E-state index contributed by atoms with van der Waals surface area (Å²) >= 11 is 7.50. The molecule has 1 saturated heterocycles. The van der Waals surface area contributed by atoms with Gasteiger partial charge in [0.2, 0.25) is 0 Å². The molecular weight excluding hydrogens is 236 g/mol. The molecule has 4 nitrogen and oxygen atoms in total. The number of hydrogen-bond donors (Lipinski definition) is 1. The van der Waals surface area contributed by atoms with Gasteiger partial charge in [0.05, 0.1) is 19.3 Å². The minimum Gasteiger partial charge on any atom is -0.387 e. The topological polar surface area (TPSA) is 45.6 Å². The zero-order valence-electron chi connectivity index (χ0n) is 8.44. The molecular formula is C9H13ClN2O2S. The van der Waals surface area contributed by atoms with Crippen LogP contribution < -0.4 is 4.90 Å². The third-order valence-corrected chi connectivity index (χ3v) is 3.75. The van der Waals surface area contributed by atoms with E-state index in [0.717, 1.165) is 31.3 Å². The van der Waals surface area contributed by atoms with Crippen molar-refractivity contribution < 1.29 is 9.84 Å². The lowest BCUT2D eigenvalue weighted by atomic mass is 10.3. The largest absolute Gasteiger partial charge is 0.387 e. The molecule has 1 aromatic heterocycles. The van der Waals surface area contributed by atoms with Gasteiger partial charge in [0.15, 0.2) is 0 Å². The van der Waals surface area contributed by atoms with Crippen molar-refractivity contribution >= 4 is 28.1 Å². The molecule has 1 fully saturated rings. The van der Waals surface area contributed by atoms with Gasteiger partial charge in [-0.3, -0.25) is 0 Å². The van der Waals surface area contributed by atoms with Crippen molar-refractivity contribution in [1.29, 1.82) is 0 Å². The summed E-state index contributed by atoms with van der Waals surface area (Å²) in [4.78, 5) is 2.15. The van der Waals surface area contributed by atoms with Crippen molar-refractivity contribution in [1.82, 2.24) is 4.37 Å². The summed E-state index contributed by atoms with van der Waals surface area (Å²) < 4.78 is 9.43. The third kappa shape index (κ3) is 2.25. The van der Waals surface area contributed by atoms with Crippen LogP contribution in [0.1, 0.15) is 18.7 Å². The molecule has 0 aromatic carbocycles. The van der Waals surface area contributed by atoms with Gasteiger partial charge in [0, 0.05) is 13.1 Å². The molecule has 0 aliphatic carbocycles. The molecule has 6 heteroatoms. The summed E-state index contributed by atoms with van der Waals surface area (Å²) in [5, 5.41) is 11.0. The third-order valence-electron chi connectivity index (χ3n) is 2.34. The average molecular weight is 249 g/mol. The Balaban J connectivity index is 2.20. The van der Waals surface area contributed by atoms with E-state index < -0.39 is 6.10 Å². The second kappa shape index (κ2) is 4.65. The van der Waals surface area contributed by atoms with E-state index in [1.165, 1.54) is 11.5 Å². The standard InChI is InChI=1S/C9H13ClN2O2S/c1-6(13)8-7(10)9(15-11-8)12-2-4-14-5-3-12/h6,13H,2-5H2,1H3. The monoisotopic (exact) mass is 248 g/mol. The van der Waals surface area contributed by atoms with Crippen molar-refractivity contribution in [3.8, 4) is 0 Å². The molecule has 0 spiro atoms. The number of morpholine rings is 1. The Kier molecular flexibility index (Phi) is 3.45. The Labute approximate surface area is 97.6 Å². The number of anilines is 1. The first-order valence-corrected chi connectivity index (χ1v) is 6.01. The predicted octanol–water partition coefficient (Wildman–Crippen LogP) is 1.69. The van der Waals surface area contributed by atoms with Crippen molar-refractivity contribution in [3.63, 3.8) is 0 Å². The maximum absolute atomic E-state index is 9.43. The van der Waals surface area contributed by atoms with Gasteiger partial charge in [0.25, 0.3) is 0 Å². The first-order chi connectivity index (χ1) is 7.20. The van der Waals surface area contributed by atoms with Crippen LogP contribution in [-0.2, 0) is 4.74 Å². The van der Waals surface area contributed by atoms with Crippen LogP contribution in [0, 0.1) is 0 Å². The molecule has 15 heavy (non-hydrogen) atoms. The van der Waals surface area contributed by atoms with Crippen molar-refractivity contribution in [2.24, 2.45) is 0 Å². The number of hydrogen-bond acceptors (Lipinski definition) is 5.